The summed E-state index contributed by atoms with van der Waals surface area (Å²) in [5.74, 6) is 0.917. The van der Waals surface area contributed by atoms with E-state index in [1.807, 2.05) is 23.7 Å². The zero-order valence-corrected chi connectivity index (χ0v) is 16.7. The lowest BCUT2D eigenvalue weighted by Gasteiger charge is -2.17. The van der Waals surface area contributed by atoms with Gasteiger partial charge in [-0.25, -0.2) is 4.98 Å². The summed E-state index contributed by atoms with van der Waals surface area (Å²) in [7, 11) is 1.84. The van der Waals surface area contributed by atoms with E-state index in [1.54, 1.807) is 36.4 Å². The van der Waals surface area contributed by atoms with Gasteiger partial charge in [0.15, 0.2) is 5.65 Å². The first-order valence-corrected chi connectivity index (χ1v) is 9.55. The van der Waals surface area contributed by atoms with Gasteiger partial charge in [0.05, 0.1) is 11.2 Å². The lowest BCUT2D eigenvalue weighted by Crippen LogP contribution is -2.30. The van der Waals surface area contributed by atoms with Gasteiger partial charge >= 0.3 is 0 Å². The van der Waals surface area contributed by atoms with Gasteiger partial charge in [-0.2, -0.15) is 0 Å². The van der Waals surface area contributed by atoms with Crippen molar-refractivity contribution in [2.75, 3.05) is 0 Å². The first-order valence-electron chi connectivity index (χ1n) is 9.17. The minimum Gasteiger partial charge on any atom is -0.328 e. The van der Waals surface area contributed by atoms with E-state index in [-0.39, 0.29) is 16.4 Å². The average molecular weight is 394 g/mol. The lowest BCUT2D eigenvalue weighted by molar-refractivity contribution is 0.604. The van der Waals surface area contributed by atoms with Crippen LogP contribution >= 0.6 is 11.6 Å². The Kier molecular flexibility index (Phi) is 4.55. The SMILES string of the molecule is CC(C)Cc1nc2c(c(=O)c3ccccc3n2C)c(=O)n1-c1ccc(Cl)cc1. The molecule has 0 saturated carbocycles. The van der Waals surface area contributed by atoms with Crippen LogP contribution in [-0.2, 0) is 13.5 Å². The second-order valence-corrected chi connectivity index (χ2v) is 7.78. The zero-order chi connectivity index (χ0) is 20.0. The summed E-state index contributed by atoms with van der Waals surface area (Å²) in [6.07, 6.45) is 0.606. The van der Waals surface area contributed by atoms with Gasteiger partial charge < -0.3 is 4.57 Å². The molecule has 0 atom stereocenters. The molecule has 4 rings (SSSR count). The van der Waals surface area contributed by atoms with Crippen LogP contribution in [0.3, 0.4) is 0 Å². The summed E-state index contributed by atoms with van der Waals surface area (Å²) in [6.45, 7) is 4.14. The highest BCUT2D eigenvalue weighted by atomic mass is 35.5. The number of aryl methyl sites for hydroxylation is 1. The molecular weight excluding hydrogens is 374 g/mol. The first kappa shape index (κ1) is 18.4. The molecule has 0 amide bonds. The van der Waals surface area contributed by atoms with Crippen LogP contribution in [0, 0.1) is 5.92 Å². The molecule has 0 aliphatic rings. The van der Waals surface area contributed by atoms with E-state index in [9.17, 15) is 9.59 Å². The van der Waals surface area contributed by atoms with Crippen LogP contribution in [0.15, 0.2) is 58.1 Å². The van der Waals surface area contributed by atoms with Crippen LogP contribution in [0.2, 0.25) is 5.02 Å². The van der Waals surface area contributed by atoms with Crippen LogP contribution in [0.1, 0.15) is 19.7 Å². The molecule has 2 heterocycles. The Bertz CT molecular complexity index is 1320. The molecule has 0 aliphatic carbocycles. The number of aromatic nitrogens is 3. The summed E-state index contributed by atoms with van der Waals surface area (Å²) >= 11 is 6.01. The molecule has 0 unspecified atom stereocenters. The van der Waals surface area contributed by atoms with E-state index in [4.69, 9.17) is 16.6 Å². The van der Waals surface area contributed by atoms with Gasteiger partial charge in [0.2, 0.25) is 5.43 Å². The van der Waals surface area contributed by atoms with Crippen molar-refractivity contribution in [3.8, 4) is 5.69 Å². The second kappa shape index (κ2) is 6.91. The Morgan fingerprint density at radius 3 is 2.39 bits per heavy atom. The van der Waals surface area contributed by atoms with Gasteiger partial charge in [-0.15, -0.1) is 0 Å². The number of para-hydroxylation sites is 1. The molecular formula is C22H20ClN3O2. The number of halogens is 1. The van der Waals surface area contributed by atoms with E-state index in [0.29, 0.717) is 39.9 Å². The predicted molar refractivity (Wildman–Crippen MR) is 114 cm³/mol. The van der Waals surface area contributed by atoms with Crippen LogP contribution in [0.25, 0.3) is 27.6 Å². The molecule has 0 spiro atoms. The minimum atomic E-state index is -0.352. The molecule has 4 aromatic rings. The monoisotopic (exact) mass is 393 g/mol. The van der Waals surface area contributed by atoms with Crippen molar-refractivity contribution in [3.63, 3.8) is 0 Å². The molecule has 142 valence electrons. The van der Waals surface area contributed by atoms with E-state index in [2.05, 4.69) is 13.8 Å². The first-order chi connectivity index (χ1) is 13.4. The Labute approximate surface area is 166 Å². The largest absolute Gasteiger partial charge is 0.328 e. The topological polar surface area (TPSA) is 56.9 Å². The lowest BCUT2D eigenvalue weighted by atomic mass is 10.1. The fourth-order valence-corrected chi connectivity index (χ4v) is 3.69. The number of hydrogen-bond acceptors (Lipinski definition) is 3. The second-order valence-electron chi connectivity index (χ2n) is 7.35. The zero-order valence-electron chi connectivity index (χ0n) is 15.9. The smallest absolute Gasteiger partial charge is 0.271 e. The van der Waals surface area contributed by atoms with Crippen LogP contribution < -0.4 is 11.0 Å². The van der Waals surface area contributed by atoms with E-state index < -0.39 is 0 Å². The van der Waals surface area contributed by atoms with Gasteiger partial charge in [0, 0.05) is 23.9 Å². The molecule has 28 heavy (non-hydrogen) atoms. The van der Waals surface area contributed by atoms with Crippen molar-refractivity contribution < 1.29 is 0 Å². The standard InChI is InChI=1S/C22H20ClN3O2/c1-13(2)12-18-24-21-19(20(27)16-6-4-5-7-17(16)25(21)3)22(28)26(18)15-10-8-14(23)9-11-15/h4-11,13H,12H2,1-3H3. The van der Waals surface area contributed by atoms with Gasteiger partial charge in [-0.1, -0.05) is 37.6 Å². The Hall–Kier alpha value is -2.92. The van der Waals surface area contributed by atoms with Crippen molar-refractivity contribution >= 4 is 33.5 Å². The number of hydrogen-bond donors (Lipinski definition) is 0. The maximum absolute atomic E-state index is 13.5. The van der Waals surface area contributed by atoms with E-state index >= 15 is 0 Å². The van der Waals surface area contributed by atoms with Crippen molar-refractivity contribution in [1.29, 1.82) is 0 Å². The highest BCUT2D eigenvalue weighted by Gasteiger charge is 2.19. The van der Waals surface area contributed by atoms with Gasteiger partial charge in [0.1, 0.15) is 11.2 Å². The van der Waals surface area contributed by atoms with Crippen molar-refractivity contribution in [2.45, 2.75) is 20.3 Å². The third kappa shape index (κ3) is 2.92. The highest BCUT2D eigenvalue weighted by Crippen LogP contribution is 2.19. The van der Waals surface area contributed by atoms with Crippen LogP contribution in [0.4, 0.5) is 0 Å². The van der Waals surface area contributed by atoms with E-state index in [1.165, 1.54) is 4.57 Å². The Morgan fingerprint density at radius 1 is 1.04 bits per heavy atom. The third-order valence-electron chi connectivity index (χ3n) is 4.86. The molecule has 0 N–H and O–H groups in total. The number of nitrogens with zero attached hydrogens (tertiary/aromatic N) is 3. The van der Waals surface area contributed by atoms with Gasteiger partial charge in [0.25, 0.3) is 5.56 Å². The quantitative estimate of drug-likeness (QED) is 0.492. The molecule has 0 fully saturated rings. The molecule has 0 bridgehead atoms. The maximum Gasteiger partial charge on any atom is 0.271 e. The Balaban J connectivity index is 2.19. The molecule has 0 saturated heterocycles. The van der Waals surface area contributed by atoms with Crippen molar-refractivity contribution in [1.82, 2.24) is 14.1 Å². The van der Waals surface area contributed by atoms with Crippen molar-refractivity contribution in [3.05, 3.63) is 80.0 Å². The normalized spacial score (nSPS) is 11.6. The summed E-state index contributed by atoms with van der Waals surface area (Å²) in [6, 6.07) is 14.3. The molecule has 2 aromatic carbocycles. The molecule has 6 heteroatoms. The molecule has 2 aromatic heterocycles. The van der Waals surface area contributed by atoms with Crippen LogP contribution in [0.5, 0.6) is 0 Å². The number of benzene rings is 2. The summed E-state index contributed by atoms with van der Waals surface area (Å²) in [4.78, 5) is 31.4. The fraction of sp³-hybridized carbons (Fsp3) is 0.227. The van der Waals surface area contributed by atoms with Crippen molar-refractivity contribution in [2.24, 2.45) is 13.0 Å². The van der Waals surface area contributed by atoms with Gasteiger partial charge in [-0.05, 0) is 42.3 Å². The third-order valence-corrected chi connectivity index (χ3v) is 5.12. The maximum atomic E-state index is 13.5. The number of rotatable bonds is 3. The predicted octanol–water partition coefficient (Wildman–Crippen LogP) is 4.09. The Morgan fingerprint density at radius 2 is 1.71 bits per heavy atom. The molecule has 0 aliphatic heterocycles. The highest BCUT2D eigenvalue weighted by molar-refractivity contribution is 6.30. The summed E-state index contributed by atoms with van der Waals surface area (Å²) in [5, 5.41) is 1.19. The minimum absolute atomic E-state index is 0.101. The molecule has 5 nitrogen and oxygen atoms in total. The average Bonchev–Trinajstić information content (AvgIpc) is 2.66. The number of fused-ring (bicyclic) bond motifs is 2. The van der Waals surface area contributed by atoms with Crippen LogP contribution in [-0.4, -0.2) is 14.1 Å². The molecule has 0 radical (unpaired) electrons. The summed E-state index contributed by atoms with van der Waals surface area (Å²) < 4.78 is 3.36. The van der Waals surface area contributed by atoms with Gasteiger partial charge in [-0.3, -0.25) is 14.2 Å². The fourth-order valence-electron chi connectivity index (χ4n) is 3.56. The van der Waals surface area contributed by atoms with E-state index in [0.717, 1.165) is 5.52 Å². The number of pyridine rings is 1. The summed E-state index contributed by atoms with van der Waals surface area (Å²) in [5.41, 5.74) is 1.17.